The van der Waals surface area contributed by atoms with Crippen LogP contribution in [0.4, 0.5) is 0 Å². The smallest absolute Gasteiger partial charge is 0.164 e. The van der Waals surface area contributed by atoms with Gasteiger partial charge >= 0.3 is 0 Å². The van der Waals surface area contributed by atoms with Gasteiger partial charge in [-0.2, -0.15) is 0 Å². The fraction of sp³-hybridized carbons (Fsp3) is 0.0469. The standard InChI is InChI=1S/C64H40N4OS/c1-2-18-41(19-3-1)68-54-27-11-8-23-46(54)60-48(25-14-28-55(60)68)62-65-63(49-26-15-31-59-61(49)47-24-10-13-30-58(47)70-59)67-64(66-62)53-36-52-45-22-9-12-29-56(45)69-57(52)37-51(53)44-33-32-40-34-38-16-4-5-17-39(38)35-50(40)43-21-7-6-20-42(43)44/h1-31,34-37,44H,32-33H2. The first-order valence-corrected chi connectivity index (χ1v) is 24.8. The maximum atomic E-state index is 6.75. The molecule has 5 nitrogen and oxygen atoms in total. The van der Waals surface area contributed by atoms with Crippen LogP contribution in [0.15, 0.2) is 217 Å². The van der Waals surface area contributed by atoms with E-state index in [0.717, 1.165) is 89.9 Å². The summed E-state index contributed by atoms with van der Waals surface area (Å²) in [5, 5.41) is 9.21. The third-order valence-corrected chi connectivity index (χ3v) is 15.8. The maximum absolute atomic E-state index is 6.75. The Morgan fingerprint density at radius 2 is 1.04 bits per heavy atom. The van der Waals surface area contributed by atoms with E-state index in [-0.39, 0.29) is 5.92 Å². The normalized spacial score (nSPS) is 13.7. The highest BCUT2D eigenvalue weighted by Gasteiger charge is 2.30. The van der Waals surface area contributed by atoms with Crippen molar-refractivity contribution in [3.8, 4) is 51.0 Å². The molecule has 1 aliphatic carbocycles. The zero-order valence-corrected chi connectivity index (χ0v) is 38.6. The quantitative estimate of drug-likeness (QED) is 0.173. The Hall–Kier alpha value is -8.71. The van der Waals surface area contributed by atoms with Gasteiger partial charge in [-0.05, 0) is 112 Å². The number of para-hydroxylation sites is 3. The van der Waals surface area contributed by atoms with Crippen molar-refractivity contribution in [2.24, 2.45) is 0 Å². The van der Waals surface area contributed by atoms with Gasteiger partial charge in [0.2, 0.25) is 0 Å². The zero-order valence-electron chi connectivity index (χ0n) is 37.8. The molecule has 328 valence electrons. The van der Waals surface area contributed by atoms with Crippen LogP contribution in [0.25, 0.3) is 126 Å². The summed E-state index contributed by atoms with van der Waals surface area (Å²) < 4.78 is 11.5. The minimum Gasteiger partial charge on any atom is -0.456 e. The molecule has 0 saturated carbocycles. The molecular weight excluding hydrogens is 873 g/mol. The summed E-state index contributed by atoms with van der Waals surface area (Å²) >= 11 is 1.81. The molecule has 1 aliphatic rings. The van der Waals surface area contributed by atoms with Crippen LogP contribution in [0.3, 0.4) is 0 Å². The number of aryl methyl sites for hydroxylation is 1. The van der Waals surface area contributed by atoms with Crippen molar-refractivity contribution in [2.75, 3.05) is 0 Å². The Morgan fingerprint density at radius 3 is 1.90 bits per heavy atom. The molecule has 4 aromatic heterocycles. The van der Waals surface area contributed by atoms with Gasteiger partial charge in [0.05, 0.1) is 11.0 Å². The van der Waals surface area contributed by atoms with Gasteiger partial charge in [0.15, 0.2) is 17.5 Å². The van der Waals surface area contributed by atoms with Crippen molar-refractivity contribution >= 4 is 86.0 Å². The summed E-state index contributed by atoms with van der Waals surface area (Å²) in [5.41, 5.74) is 14.3. The van der Waals surface area contributed by atoms with Crippen LogP contribution in [0, 0.1) is 0 Å². The van der Waals surface area contributed by atoms with Crippen molar-refractivity contribution in [1.29, 1.82) is 0 Å². The molecule has 14 aromatic rings. The van der Waals surface area contributed by atoms with Crippen LogP contribution in [0.1, 0.15) is 29.0 Å². The van der Waals surface area contributed by atoms with Crippen molar-refractivity contribution < 1.29 is 4.42 Å². The number of hydrogen-bond donors (Lipinski definition) is 0. The van der Waals surface area contributed by atoms with E-state index in [0.29, 0.717) is 17.5 Å². The van der Waals surface area contributed by atoms with Crippen molar-refractivity contribution in [3.05, 3.63) is 229 Å². The molecule has 0 saturated heterocycles. The minimum atomic E-state index is -0.000445. The molecule has 1 atom stereocenters. The lowest BCUT2D eigenvalue weighted by Gasteiger charge is -2.22. The van der Waals surface area contributed by atoms with Crippen LogP contribution >= 0.6 is 11.3 Å². The predicted octanol–water partition coefficient (Wildman–Crippen LogP) is 17.1. The molecule has 10 aromatic carbocycles. The Bertz CT molecular complexity index is 4450. The average molecular weight is 913 g/mol. The molecule has 70 heavy (non-hydrogen) atoms. The van der Waals surface area contributed by atoms with Crippen molar-refractivity contribution in [3.63, 3.8) is 0 Å². The van der Waals surface area contributed by atoms with Crippen molar-refractivity contribution in [1.82, 2.24) is 19.5 Å². The Kier molecular flexibility index (Phi) is 8.65. The van der Waals surface area contributed by atoms with Gasteiger partial charge in [0, 0.05) is 70.0 Å². The zero-order chi connectivity index (χ0) is 45.9. The number of benzene rings is 10. The first kappa shape index (κ1) is 39.3. The number of hydrogen-bond acceptors (Lipinski definition) is 5. The Morgan fingerprint density at radius 1 is 0.414 bits per heavy atom. The second-order valence-electron chi connectivity index (χ2n) is 18.5. The van der Waals surface area contributed by atoms with Gasteiger partial charge in [0.1, 0.15) is 11.2 Å². The van der Waals surface area contributed by atoms with E-state index < -0.39 is 0 Å². The first-order chi connectivity index (χ1) is 34.7. The molecular formula is C64H40N4OS. The van der Waals surface area contributed by atoms with Gasteiger partial charge < -0.3 is 8.98 Å². The molecule has 1 unspecified atom stereocenters. The van der Waals surface area contributed by atoms with E-state index in [1.807, 2.05) is 6.07 Å². The van der Waals surface area contributed by atoms with Crippen molar-refractivity contribution in [2.45, 2.75) is 18.8 Å². The first-order valence-electron chi connectivity index (χ1n) is 24.0. The highest BCUT2D eigenvalue weighted by Crippen LogP contribution is 2.48. The van der Waals surface area contributed by atoms with E-state index in [1.54, 1.807) is 11.3 Å². The highest BCUT2D eigenvalue weighted by molar-refractivity contribution is 7.25. The van der Waals surface area contributed by atoms with Crippen LogP contribution in [0.5, 0.6) is 0 Å². The third kappa shape index (κ3) is 6.00. The minimum absolute atomic E-state index is 0.000445. The lowest BCUT2D eigenvalue weighted by atomic mass is 9.82. The second kappa shape index (κ2) is 15.4. The molecule has 0 amide bonds. The van der Waals surface area contributed by atoms with Crippen LogP contribution in [-0.4, -0.2) is 19.5 Å². The number of furan rings is 1. The summed E-state index contributed by atoms with van der Waals surface area (Å²) in [5.74, 6) is 1.90. The van der Waals surface area contributed by atoms with E-state index >= 15 is 0 Å². The molecule has 6 heteroatoms. The fourth-order valence-corrected chi connectivity index (χ4v) is 12.7. The van der Waals surface area contributed by atoms with Gasteiger partial charge in [-0.15, -0.1) is 11.3 Å². The topological polar surface area (TPSA) is 56.7 Å². The lowest BCUT2D eigenvalue weighted by Crippen LogP contribution is -2.07. The van der Waals surface area contributed by atoms with Gasteiger partial charge in [-0.3, -0.25) is 0 Å². The van der Waals surface area contributed by atoms with E-state index in [9.17, 15) is 0 Å². The summed E-state index contributed by atoms with van der Waals surface area (Å²) in [6, 6.07) is 76.5. The molecule has 0 bridgehead atoms. The summed E-state index contributed by atoms with van der Waals surface area (Å²) in [6.45, 7) is 0. The summed E-state index contributed by atoms with van der Waals surface area (Å²) in [7, 11) is 0. The van der Waals surface area contributed by atoms with Gasteiger partial charge in [-0.25, -0.2) is 15.0 Å². The van der Waals surface area contributed by atoms with Gasteiger partial charge in [-0.1, -0.05) is 152 Å². The lowest BCUT2D eigenvalue weighted by molar-refractivity contribution is 0.665. The third-order valence-electron chi connectivity index (χ3n) is 14.7. The fourth-order valence-electron chi connectivity index (χ4n) is 11.6. The number of aromatic nitrogens is 4. The molecule has 15 rings (SSSR count). The average Bonchev–Trinajstić information content (AvgIpc) is 4.07. The SMILES string of the molecule is c1ccc(-n2c3ccccc3c3c(-c4nc(-c5cc6c(cc5C5CCc7cc8ccccc8cc7-c7ccccc75)oc5ccccc56)nc(-c5cccc6sc7ccccc7c56)n4)cccc32)cc1. The molecule has 0 aliphatic heterocycles. The molecule has 0 spiro atoms. The Labute approximate surface area is 406 Å². The molecule has 0 N–H and O–H groups in total. The summed E-state index contributed by atoms with van der Waals surface area (Å²) in [6.07, 6.45) is 1.80. The van der Waals surface area contributed by atoms with E-state index in [2.05, 4.69) is 211 Å². The largest absolute Gasteiger partial charge is 0.456 e. The monoisotopic (exact) mass is 912 g/mol. The van der Waals surface area contributed by atoms with E-state index in [4.69, 9.17) is 19.4 Å². The number of rotatable bonds is 5. The molecule has 4 heterocycles. The molecule has 0 radical (unpaired) electrons. The number of fused-ring (bicyclic) bond motifs is 13. The van der Waals surface area contributed by atoms with Crippen LogP contribution in [0.2, 0.25) is 0 Å². The summed E-state index contributed by atoms with van der Waals surface area (Å²) in [4.78, 5) is 16.9. The predicted molar refractivity (Wildman–Crippen MR) is 290 cm³/mol. The number of thiophene rings is 1. The van der Waals surface area contributed by atoms with Crippen LogP contribution < -0.4 is 0 Å². The Balaban J connectivity index is 1.03. The van der Waals surface area contributed by atoms with E-state index in [1.165, 1.54) is 47.8 Å². The highest BCUT2D eigenvalue weighted by atomic mass is 32.1. The van der Waals surface area contributed by atoms with Gasteiger partial charge in [0.25, 0.3) is 0 Å². The molecule has 0 fully saturated rings. The van der Waals surface area contributed by atoms with Crippen LogP contribution in [-0.2, 0) is 6.42 Å². The second-order valence-corrected chi connectivity index (χ2v) is 19.6. The maximum Gasteiger partial charge on any atom is 0.164 e. The number of nitrogens with zero attached hydrogens (tertiary/aromatic N) is 4.